The fourth-order valence-corrected chi connectivity index (χ4v) is 4.45. The average molecular weight is 526 g/mol. The van der Waals surface area contributed by atoms with Crippen molar-refractivity contribution in [1.82, 2.24) is 0 Å². The van der Waals surface area contributed by atoms with Gasteiger partial charge in [0.25, 0.3) is 10.1 Å². The van der Waals surface area contributed by atoms with Gasteiger partial charge in [-0.15, -0.1) is 0 Å². The van der Waals surface area contributed by atoms with Gasteiger partial charge in [0.1, 0.15) is 21.6 Å². The average Bonchev–Trinajstić information content (AvgIpc) is 2.71. The molecule has 2 amide bonds. The van der Waals surface area contributed by atoms with Gasteiger partial charge >= 0.3 is 35.6 Å². The number of hydrogen-bond acceptors (Lipinski definition) is 8. The van der Waals surface area contributed by atoms with Crippen LogP contribution in [0.25, 0.3) is 21.5 Å². The van der Waals surface area contributed by atoms with Crippen molar-refractivity contribution in [3.8, 4) is 11.5 Å². The van der Waals surface area contributed by atoms with Crippen LogP contribution in [0.4, 0.5) is 16.2 Å². The van der Waals surface area contributed by atoms with E-state index in [9.17, 15) is 40.9 Å². The molecule has 0 spiro atoms. The Balaban J connectivity index is 0.00000342. The van der Waals surface area contributed by atoms with Crippen LogP contribution in [0.15, 0.2) is 70.5 Å². The zero-order valence-electron chi connectivity index (χ0n) is 17.9. The first-order valence-electron chi connectivity index (χ1n) is 9.36. The molecule has 4 aromatic rings. The molecule has 0 unspecified atom stereocenters. The predicted octanol–water partition coefficient (Wildman–Crippen LogP) is 0.203. The summed E-state index contributed by atoms with van der Waals surface area (Å²) in [5.74, 6) is -0.786. The first-order chi connectivity index (χ1) is 15.8. The summed E-state index contributed by atoms with van der Waals surface area (Å²) in [6.07, 6.45) is 0. The summed E-state index contributed by atoms with van der Waals surface area (Å²) in [4.78, 5) is 11.3. The van der Waals surface area contributed by atoms with Gasteiger partial charge in [0, 0.05) is 28.2 Å². The number of amides is 2. The normalized spacial score (nSPS) is 11.7. The summed E-state index contributed by atoms with van der Waals surface area (Å²) in [7, 11) is -9.37. The van der Waals surface area contributed by atoms with Crippen molar-refractivity contribution < 1.29 is 70.5 Å². The largest absolute Gasteiger partial charge is 1.00 e. The third kappa shape index (κ3) is 5.85. The Morgan fingerprint density at radius 2 is 1.14 bits per heavy atom. The summed E-state index contributed by atoms with van der Waals surface area (Å²) in [6, 6.07) is 11.7. The first kappa shape index (κ1) is 26.7. The van der Waals surface area contributed by atoms with Gasteiger partial charge in [-0.05, 0) is 65.4 Å². The van der Waals surface area contributed by atoms with Gasteiger partial charge in [-0.3, -0.25) is 4.55 Å². The van der Waals surface area contributed by atoms with Crippen LogP contribution < -0.4 is 40.2 Å². The van der Waals surface area contributed by atoms with Crippen molar-refractivity contribution in [3.63, 3.8) is 0 Å². The van der Waals surface area contributed by atoms with E-state index in [0.717, 1.165) is 24.3 Å². The standard InChI is InChI=1S/C21H16N2O9S2.Na/c24-19-9-15(33(27,28)29)7-11-5-13(1-3-17(11)19)22-21(26)23-14-2-4-18-12(6-14)8-16(10-20(18)25)34(30,31)32;/h1-10,24-25H,(H2,22,23,26)(H,27,28,29)(H,30,31,32);/q;+1/p-1. The Labute approximate surface area is 221 Å². The molecule has 0 aromatic heterocycles. The second kappa shape index (κ2) is 9.62. The quantitative estimate of drug-likeness (QED) is 0.182. The summed E-state index contributed by atoms with van der Waals surface area (Å²) in [6.45, 7) is 0. The molecule has 0 saturated carbocycles. The van der Waals surface area contributed by atoms with E-state index in [2.05, 4.69) is 10.6 Å². The number of carbonyl (C=O) groups is 1. The zero-order valence-corrected chi connectivity index (χ0v) is 21.5. The van der Waals surface area contributed by atoms with Crippen LogP contribution in [0, 0.1) is 0 Å². The molecular formula is C21H15N2NaO9S2. The van der Waals surface area contributed by atoms with Crippen LogP contribution in [0.2, 0.25) is 0 Å². The number of phenolic OH excluding ortho intramolecular Hbond substituents is 2. The second-order valence-electron chi connectivity index (χ2n) is 7.26. The number of rotatable bonds is 4. The Bertz CT molecular complexity index is 1580. The van der Waals surface area contributed by atoms with E-state index in [4.69, 9.17) is 0 Å². The Hall–Kier alpha value is -2.91. The number of aromatic hydroxyl groups is 2. The molecule has 11 nitrogen and oxygen atoms in total. The number of carbonyl (C=O) groups excluding carboxylic acids is 1. The van der Waals surface area contributed by atoms with Gasteiger partial charge in [0.15, 0.2) is 0 Å². The molecule has 0 saturated heterocycles. The topological polar surface area (TPSA) is 193 Å². The van der Waals surface area contributed by atoms with Crippen molar-refractivity contribution >= 4 is 59.2 Å². The Morgan fingerprint density at radius 3 is 1.57 bits per heavy atom. The number of benzene rings is 4. The molecule has 14 heteroatoms. The van der Waals surface area contributed by atoms with Crippen LogP contribution in [0.3, 0.4) is 0 Å². The molecule has 0 fully saturated rings. The first-order valence-corrected chi connectivity index (χ1v) is 12.2. The van der Waals surface area contributed by atoms with E-state index >= 15 is 0 Å². The van der Waals surface area contributed by atoms with E-state index in [1.165, 1.54) is 36.4 Å². The van der Waals surface area contributed by atoms with E-state index in [0.29, 0.717) is 0 Å². The van der Waals surface area contributed by atoms with Gasteiger partial charge in [-0.25, -0.2) is 13.2 Å². The predicted molar refractivity (Wildman–Crippen MR) is 122 cm³/mol. The summed E-state index contributed by atoms with van der Waals surface area (Å²) in [5, 5.41) is 26.0. The number of nitrogens with one attached hydrogen (secondary N) is 2. The molecule has 35 heavy (non-hydrogen) atoms. The molecule has 4 aromatic carbocycles. The number of anilines is 2. The van der Waals surface area contributed by atoms with E-state index in [1.807, 2.05) is 0 Å². The van der Waals surface area contributed by atoms with Crippen molar-refractivity contribution in [2.45, 2.75) is 9.79 Å². The maximum absolute atomic E-state index is 12.4. The third-order valence-corrected chi connectivity index (χ3v) is 6.56. The van der Waals surface area contributed by atoms with Crippen molar-refractivity contribution in [2.75, 3.05) is 10.6 Å². The molecule has 0 bridgehead atoms. The zero-order chi connectivity index (χ0) is 24.8. The van der Waals surface area contributed by atoms with Gasteiger partial charge < -0.3 is 25.4 Å². The van der Waals surface area contributed by atoms with Crippen LogP contribution >= 0.6 is 0 Å². The smallest absolute Gasteiger partial charge is 0.744 e. The number of hydrogen-bond donors (Lipinski definition) is 5. The molecule has 0 heterocycles. The Kier molecular flexibility index (Phi) is 7.34. The molecule has 0 atom stereocenters. The molecule has 0 aliphatic heterocycles. The molecule has 0 radical (unpaired) electrons. The Morgan fingerprint density at radius 1 is 0.714 bits per heavy atom. The van der Waals surface area contributed by atoms with E-state index in [-0.39, 0.29) is 68.2 Å². The van der Waals surface area contributed by atoms with Crippen LogP contribution in [-0.2, 0) is 20.2 Å². The molecular weight excluding hydrogens is 511 g/mol. The fraction of sp³-hybridized carbons (Fsp3) is 0. The maximum atomic E-state index is 12.4. The van der Waals surface area contributed by atoms with E-state index < -0.39 is 41.8 Å². The number of urea groups is 1. The van der Waals surface area contributed by atoms with Crippen molar-refractivity contribution in [1.29, 1.82) is 0 Å². The minimum absolute atomic E-state index is 0. The molecule has 4 rings (SSSR count). The number of fused-ring (bicyclic) bond motifs is 2. The molecule has 0 aliphatic rings. The SMILES string of the molecule is O=C(Nc1ccc2c(O)cc(S(=O)(=O)[O-])cc2c1)Nc1ccc2c(O)cc(S(=O)(=O)O)cc2c1.[Na+]. The molecule has 0 aliphatic carbocycles. The maximum Gasteiger partial charge on any atom is 1.00 e. The van der Waals surface area contributed by atoms with Crippen LogP contribution in [-0.4, -0.2) is 42.2 Å². The summed E-state index contributed by atoms with van der Waals surface area (Å²) >= 11 is 0. The monoisotopic (exact) mass is 526 g/mol. The summed E-state index contributed by atoms with van der Waals surface area (Å²) < 4.78 is 65.8. The van der Waals surface area contributed by atoms with Gasteiger partial charge in [0.2, 0.25) is 0 Å². The molecule has 5 N–H and O–H groups in total. The van der Waals surface area contributed by atoms with Crippen molar-refractivity contribution in [2.24, 2.45) is 0 Å². The van der Waals surface area contributed by atoms with Crippen molar-refractivity contribution in [3.05, 3.63) is 60.7 Å². The van der Waals surface area contributed by atoms with Gasteiger partial charge in [-0.1, -0.05) is 0 Å². The van der Waals surface area contributed by atoms with Crippen LogP contribution in [0.1, 0.15) is 0 Å². The third-order valence-electron chi connectivity index (χ3n) is 4.91. The van der Waals surface area contributed by atoms with E-state index in [1.54, 1.807) is 0 Å². The molecule has 176 valence electrons. The van der Waals surface area contributed by atoms with Gasteiger partial charge in [-0.2, -0.15) is 8.42 Å². The fourth-order valence-electron chi connectivity index (χ4n) is 3.39. The number of phenols is 2. The van der Waals surface area contributed by atoms with Crippen LogP contribution in [0.5, 0.6) is 11.5 Å². The van der Waals surface area contributed by atoms with Gasteiger partial charge in [0.05, 0.1) is 9.79 Å². The minimum atomic E-state index is -4.81. The second-order valence-corrected chi connectivity index (χ2v) is 10.1. The minimum Gasteiger partial charge on any atom is -0.744 e. The summed E-state index contributed by atoms with van der Waals surface area (Å²) in [5.41, 5.74) is 0.451.